The molecule has 0 aliphatic rings. The van der Waals surface area contributed by atoms with Gasteiger partial charge in [-0.2, -0.15) is 0 Å². The van der Waals surface area contributed by atoms with Gasteiger partial charge in [0.25, 0.3) is 0 Å². The van der Waals surface area contributed by atoms with E-state index in [1.165, 1.54) is 0 Å². The lowest BCUT2D eigenvalue weighted by atomic mass is 10.4. The van der Waals surface area contributed by atoms with Crippen molar-refractivity contribution in [3.8, 4) is 0 Å². The Kier molecular flexibility index (Phi) is 4.54. The summed E-state index contributed by atoms with van der Waals surface area (Å²) in [5, 5.41) is 0. The van der Waals surface area contributed by atoms with E-state index in [2.05, 4.69) is 34.8 Å². The Balaban J connectivity index is 2.20. The monoisotopic (exact) mass is 183 g/mol. The van der Waals surface area contributed by atoms with Gasteiger partial charge in [-0.05, 0) is 13.8 Å². The van der Waals surface area contributed by atoms with Gasteiger partial charge in [-0.1, -0.05) is 0 Å². The summed E-state index contributed by atoms with van der Waals surface area (Å²) in [5.41, 5.74) is 0. The molecule has 0 bridgehead atoms. The van der Waals surface area contributed by atoms with Gasteiger partial charge >= 0.3 is 0 Å². The maximum Gasteiger partial charge on any atom is 0.243 e. The van der Waals surface area contributed by atoms with Crippen molar-refractivity contribution in [1.29, 1.82) is 0 Å². The molecule has 3 nitrogen and oxygen atoms in total. The number of rotatable bonds is 6. The average Bonchev–Trinajstić information content (AvgIpc) is 2.60. The molecule has 0 N–H and O–H groups in total. The van der Waals surface area contributed by atoms with Gasteiger partial charge in [0.15, 0.2) is 0 Å². The summed E-state index contributed by atoms with van der Waals surface area (Å²) in [5.74, 6) is 0. The highest BCUT2D eigenvalue weighted by Gasteiger charge is 2.00. The third-order valence-electron chi connectivity index (χ3n) is 2.02. The maximum absolute atomic E-state index is 5.27. The van der Waals surface area contributed by atoms with Gasteiger partial charge < -0.3 is 4.74 Å². The molecule has 0 unspecified atom stereocenters. The molecule has 0 radical (unpaired) electrons. The fraction of sp³-hybridized carbons (Fsp3) is 0.700. The lowest BCUT2D eigenvalue weighted by Gasteiger charge is -1.97. The van der Waals surface area contributed by atoms with Crippen LogP contribution in [0, 0.1) is 0 Å². The Labute approximate surface area is 79.9 Å². The standard InChI is InChI=1S/C10H19N2O/c1-3-11-7-8-12(10-11)6-5-9-13-4-2/h7-8,10H,3-6,9H2,1-2H3/q+1. The lowest BCUT2D eigenvalue weighted by Crippen LogP contribution is -2.31. The van der Waals surface area contributed by atoms with Crippen molar-refractivity contribution in [2.45, 2.75) is 33.4 Å². The summed E-state index contributed by atoms with van der Waals surface area (Å²) in [6, 6.07) is 0. The first kappa shape index (κ1) is 10.3. The first-order valence-electron chi connectivity index (χ1n) is 4.99. The molecule has 0 spiro atoms. The third kappa shape index (κ3) is 3.59. The molecule has 0 fully saturated rings. The second kappa shape index (κ2) is 5.75. The first-order valence-corrected chi connectivity index (χ1v) is 4.99. The number of imidazole rings is 1. The average molecular weight is 183 g/mol. The Morgan fingerprint density at radius 2 is 2.23 bits per heavy atom. The summed E-state index contributed by atoms with van der Waals surface area (Å²) in [7, 11) is 0. The van der Waals surface area contributed by atoms with E-state index in [0.29, 0.717) is 0 Å². The topological polar surface area (TPSA) is 18.0 Å². The van der Waals surface area contributed by atoms with Crippen LogP contribution in [-0.4, -0.2) is 17.8 Å². The van der Waals surface area contributed by atoms with Crippen LogP contribution in [0.3, 0.4) is 0 Å². The molecule has 0 saturated carbocycles. The Morgan fingerprint density at radius 3 is 2.85 bits per heavy atom. The minimum atomic E-state index is 0.820. The number of hydrogen-bond donors (Lipinski definition) is 0. The fourth-order valence-corrected chi connectivity index (χ4v) is 1.25. The highest BCUT2D eigenvalue weighted by atomic mass is 16.5. The van der Waals surface area contributed by atoms with Crippen LogP contribution in [-0.2, 0) is 17.8 Å². The van der Waals surface area contributed by atoms with E-state index < -0.39 is 0 Å². The number of hydrogen-bond acceptors (Lipinski definition) is 1. The van der Waals surface area contributed by atoms with E-state index >= 15 is 0 Å². The van der Waals surface area contributed by atoms with E-state index in [1.807, 2.05) is 6.92 Å². The molecular weight excluding hydrogens is 164 g/mol. The van der Waals surface area contributed by atoms with E-state index in [1.54, 1.807) is 0 Å². The predicted molar refractivity (Wildman–Crippen MR) is 51.4 cm³/mol. The first-order chi connectivity index (χ1) is 6.36. The summed E-state index contributed by atoms with van der Waals surface area (Å²) >= 11 is 0. The molecule has 1 aromatic heterocycles. The predicted octanol–water partition coefficient (Wildman–Crippen LogP) is 1.22. The smallest absolute Gasteiger partial charge is 0.243 e. The molecule has 1 heterocycles. The van der Waals surface area contributed by atoms with Crippen LogP contribution in [0.5, 0.6) is 0 Å². The van der Waals surface area contributed by atoms with Crippen molar-refractivity contribution in [3.05, 3.63) is 18.7 Å². The van der Waals surface area contributed by atoms with Gasteiger partial charge in [-0.3, -0.25) is 0 Å². The quantitative estimate of drug-likeness (QED) is 0.479. The van der Waals surface area contributed by atoms with E-state index in [0.717, 1.165) is 32.7 Å². The minimum absolute atomic E-state index is 0.820. The second-order valence-corrected chi connectivity index (χ2v) is 3.03. The molecule has 0 amide bonds. The van der Waals surface area contributed by atoms with Crippen molar-refractivity contribution in [3.63, 3.8) is 0 Å². The highest BCUT2D eigenvalue weighted by Crippen LogP contribution is 1.86. The molecule has 0 aliphatic carbocycles. The van der Waals surface area contributed by atoms with Gasteiger partial charge in [0.1, 0.15) is 12.4 Å². The van der Waals surface area contributed by atoms with Crippen molar-refractivity contribution >= 4 is 0 Å². The maximum atomic E-state index is 5.27. The van der Waals surface area contributed by atoms with Gasteiger partial charge in [0, 0.05) is 13.0 Å². The largest absolute Gasteiger partial charge is 0.382 e. The molecule has 74 valence electrons. The molecule has 1 rings (SSSR count). The third-order valence-corrected chi connectivity index (χ3v) is 2.02. The molecule has 1 aromatic rings. The minimum Gasteiger partial charge on any atom is -0.382 e. The normalized spacial score (nSPS) is 10.6. The summed E-state index contributed by atoms with van der Waals surface area (Å²) in [6.07, 6.45) is 7.42. The van der Waals surface area contributed by atoms with Crippen molar-refractivity contribution in [2.75, 3.05) is 13.2 Å². The van der Waals surface area contributed by atoms with Crippen LogP contribution in [0.1, 0.15) is 20.3 Å². The number of aryl methyl sites for hydroxylation is 2. The molecule has 0 atom stereocenters. The van der Waals surface area contributed by atoms with Crippen molar-refractivity contribution in [1.82, 2.24) is 4.57 Å². The Bertz CT molecular complexity index is 233. The van der Waals surface area contributed by atoms with Crippen LogP contribution in [0.25, 0.3) is 0 Å². The molecule has 13 heavy (non-hydrogen) atoms. The van der Waals surface area contributed by atoms with Crippen molar-refractivity contribution in [2.24, 2.45) is 0 Å². The molecule has 0 aromatic carbocycles. The van der Waals surface area contributed by atoms with Crippen LogP contribution in [0.15, 0.2) is 18.7 Å². The number of aromatic nitrogens is 2. The summed E-state index contributed by atoms with van der Waals surface area (Å²) in [6.45, 7) is 7.94. The van der Waals surface area contributed by atoms with Crippen LogP contribution in [0.4, 0.5) is 0 Å². The fourth-order valence-electron chi connectivity index (χ4n) is 1.25. The zero-order valence-corrected chi connectivity index (χ0v) is 8.57. The van der Waals surface area contributed by atoms with E-state index in [4.69, 9.17) is 4.74 Å². The zero-order valence-electron chi connectivity index (χ0n) is 8.57. The van der Waals surface area contributed by atoms with Gasteiger partial charge in [-0.15, -0.1) is 0 Å². The SMILES string of the molecule is CCOCCC[n+]1ccn(CC)c1. The number of nitrogens with zero attached hydrogens (tertiary/aromatic N) is 2. The Morgan fingerprint density at radius 1 is 1.38 bits per heavy atom. The lowest BCUT2D eigenvalue weighted by molar-refractivity contribution is -0.697. The second-order valence-electron chi connectivity index (χ2n) is 3.03. The molecule has 0 aliphatic heterocycles. The van der Waals surface area contributed by atoms with E-state index in [9.17, 15) is 0 Å². The number of ether oxygens (including phenoxy) is 1. The Hall–Kier alpha value is -0.830. The summed E-state index contributed by atoms with van der Waals surface area (Å²) < 4.78 is 9.63. The van der Waals surface area contributed by atoms with Crippen LogP contribution in [0.2, 0.25) is 0 Å². The van der Waals surface area contributed by atoms with E-state index in [-0.39, 0.29) is 0 Å². The van der Waals surface area contributed by atoms with Gasteiger partial charge in [0.05, 0.1) is 19.7 Å². The van der Waals surface area contributed by atoms with Crippen LogP contribution < -0.4 is 4.57 Å². The molecular formula is C10H19N2O+. The zero-order chi connectivity index (χ0) is 9.52. The molecule has 3 heteroatoms. The van der Waals surface area contributed by atoms with Gasteiger partial charge in [0.2, 0.25) is 6.33 Å². The van der Waals surface area contributed by atoms with Crippen molar-refractivity contribution < 1.29 is 9.30 Å². The summed E-state index contributed by atoms with van der Waals surface area (Å²) in [4.78, 5) is 0. The molecule has 0 saturated heterocycles. The van der Waals surface area contributed by atoms with Crippen LogP contribution >= 0.6 is 0 Å². The highest BCUT2D eigenvalue weighted by molar-refractivity contribution is 4.64. The van der Waals surface area contributed by atoms with Gasteiger partial charge in [-0.25, -0.2) is 9.13 Å².